The van der Waals surface area contributed by atoms with Crippen molar-refractivity contribution in [1.29, 1.82) is 0 Å². The van der Waals surface area contributed by atoms with E-state index in [1.165, 1.54) is 16.4 Å². The van der Waals surface area contributed by atoms with Crippen LogP contribution in [0.25, 0.3) is 0 Å². The van der Waals surface area contributed by atoms with E-state index in [0.717, 1.165) is 37.1 Å². The van der Waals surface area contributed by atoms with Crippen LogP contribution in [-0.2, 0) is 32.6 Å². The average molecular weight is 499 g/mol. The van der Waals surface area contributed by atoms with Gasteiger partial charge in [-0.2, -0.15) is 4.31 Å². The van der Waals surface area contributed by atoms with Gasteiger partial charge >= 0.3 is 0 Å². The number of hydrogen-bond donors (Lipinski definition) is 1. The van der Waals surface area contributed by atoms with Gasteiger partial charge in [0.2, 0.25) is 21.8 Å². The smallest absolute Gasteiger partial charge is 0.243 e. The molecule has 2 aliphatic heterocycles. The molecule has 0 radical (unpaired) electrons. The number of sulfonamides is 1. The largest absolute Gasteiger partial charge is 0.341 e. The lowest BCUT2D eigenvalue weighted by Gasteiger charge is -2.37. The number of nitrogens with zero attached hydrogens (tertiary/aromatic N) is 3. The fraction of sp³-hybridized carbons (Fsp3) is 0.462. The molecule has 2 heterocycles. The first kappa shape index (κ1) is 25.3. The number of carbonyl (C=O) groups excluding carboxylic acids is 2. The van der Waals surface area contributed by atoms with Crippen molar-refractivity contribution in [3.05, 3.63) is 59.7 Å². The van der Waals surface area contributed by atoms with Crippen LogP contribution < -0.4 is 5.32 Å². The predicted molar refractivity (Wildman–Crippen MR) is 135 cm³/mol. The molecule has 2 aromatic carbocycles. The monoisotopic (exact) mass is 498 g/mol. The molecule has 1 atom stereocenters. The highest BCUT2D eigenvalue weighted by Crippen LogP contribution is 2.26. The molecule has 0 aromatic heterocycles. The number of carbonyl (C=O) groups is 2. The van der Waals surface area contributed by atoms with E-state index in [1.54, 1.807) is 26.0 Å². The van der Waals surface area contributed by atoms with Gasteiger partial charge in [0, 0.05) is 38.4 Å². The first-order valence-corrected chi connectivity index (χ1v) is 13.8. The van der Waals surface area contributed by atoms with Gasteiger partial charge in [0.1, 0.15) is 0 Å². The molecule has 1 N–H and O–H groups in total. The number of benzene rings is 2. The Morgan fingerprint density at radius 3 is 2.23 bits per heavy atom. The van der Waals surface area contributed by atoms with Crippen LogP contribution in [-0.4, -0.2) is 73.1 Å². The minimum absolute atomic E-state index is 0.0814. The Kier molecular flexibility index (Phi) is 7.88. The lowest BCUT2D eigenvalue weighted by atomic mass is 9.93. The third-order valence-corrected chi connectivity index (χ3v) is 8.94. The second-order valence-electron chi connectivity index (χ2n) is 9.09. The molecule has 0 unspecified atom stereocenters. The van der Waals surface area contributed by atoms with Crippen molar-refractivity contribution in [1.82, 2.24) is 14.1 Å². The third-order valence-electron chi connectivity index (χ3n) is 6.88. The minimum Gasteiger partial charge on any atom is -0.341 e. The van der Waals surface area contributed by atoms with E-state index in [9.17, 15) is 18.0 Å². The van der Waals surface area contributed by atoms with Crippen LogP contribution >= 0.6 is 0 Å². The second-order valence-corrected chi connectivity index (χ2v) is 11.0. The van der Waals surface area contributed by atoms with E-state index in [1.807, 2.05) is 28.0 Å². The number of hydrogen-bond acceptors (Lipinski definition) is 5. The molecule has 35 heavy (non-hydrogen) atoms. The van der Waals surface area contributed by atoms with Crippen molar-refractivity contribution in [2.24, 2.45) is 0 Å². The minimum atomic E-state index is -3.55. The van der Waals surface area contributed by atoms with Crippen molar-refractivity contribution in [3.8, 4) is 0 Å². The maximum Gasteiger partial charge on any atom is 0.243 e. The summed E-state index contributed by atoms with van der Waals surface area (Å²) < 4.78 is 26.8. The van der Waals surface area contributed by atoms with Crippen molar-refractivity contribution < 1.29 is 18.0 Å². The SMILES string of the molecule is CCN(CC)S(=O)(=O)c1ccc(NC(=O)CN2Cc3ccccc3C[C@H]2C(=O)N2CCCC2)cc1. The Hall–Kier alpha value is -2.75. The first-order chi connectivity index (χ1) is 16.8. The highest BCUT2D eigenvalue weighted by molar-refractivity contribution is 7.89. The third kappa shape index (κ3) is 5.58. The standard InChI is InChI=1S/C26H34N4O4S/c1-3-30(4-2)35(33,34)23-13-11-22(12-14-23)27-25(31)19-29-18-21-10-6-5-9-20(21)17-24(29)26(32)28-15-7-8-16-28/h5-6,9-14,24H,3-4,7-8,15-19H2,1-2H3,(H,27,31)/t24-/m0/s1. The highest BCUT2D eigenvalue weighted by Gasteiger charge is 2.35. The molecule has 0 bridgehead atoms. The molecule has 8 nitrogen and oxygen atoms in total. The normalized spacial score (nSPS) is 18.5. The lowest BCUT2D eigenvalue weighted by Crippen LogP contribution is -2.52. The molecular formula is C26H34N4O4S. The predicted octanol–water partition coefficient (Wildman–Crippen LogP) is 2.70. The van der Waals surface area contributed by atoms with E-state index in [0.29, 0.717) is 31.7 Å². The van der Waals surface area contributed by atoms with Crippen molar-refractivity contribution >= 4 is 27.5 Å². The van der Waals surface area contributed by atoms with E-state index < -0.39 is 10.0 Å². The van der Waals surface area contributed by atoms with E-state index in [4.69, 9.17) is 0 Å². The number of fused-ring (bicyclic) bond motifs is 1. The maximum absolute atomic E-state index is 13.3. The summed E-state index contributed by atoms with van der Waals surface area (Å²) >= 11 is 0. The molecule has 2 aliphatic rings. The summed E-state index contributed by atoms with van der Waals surface area (Å²) in [5, 5.41) is 2.86. The summed E-state index contributed by atoms with van der Waals surface area (Å²) in [6.07, 6.45) is 2.64. The van der Waals surface area contributed by atoms with Crippen LogP contribution in [0.4, 0.5) is 5.69 Å². The molecule has 9 heteroatoms. The van der Waals surface area contributed by atoms with Gasteiger partial charge in [-0.3, -0.25) is 14.5 Å². The van der Waals surface area contributed by atoms with Crippen LogP contribution in [0.2, 0.25) is 0 Å². The van der Waals surface area contributed by atoms with Gasteiger partial charge in [-0.1, -0.05) is 38.1 Å². The van der Waals surface area contributed by atoms with Crippen molar-refractivity contribution in [3.63, 3.8) is 0 Å². The Morgan fingerprint density at radius 2 is 1.60 bits per heavy atom. The second kappa shape index (κ2) is 10.9. The van der Waals surface area contributed by atoms with Gasteiger partial charge in [0.05, 0.1) is 17.5 Å². The molecule has 2 amide bonds. The van der Waals surface area contributed by atoms with Crippen LogP contribution in [0.3, 0.4) is 0 Å². The maximum atomic E-state index is 13.3. The van der Waals surface area contributed by atoms with Gasteiger partial charge in [-0.25, -0.2) is 8.42 Å². The summed E-state index contributed by atoms with van der Waals surface area (Å²) in [4.78, 5) is 30.3. The van der Waals surface area contributed by atoms with Crippen LogP contribution in [0.5, 0.6) is 0 Å². The molecule has 1 saturated heterocycles. The molecule has 1 fully saturated rings. The zero-order valence-electron chi connectivity index (χ0n) is 20.4. The number of anilines is 1. The van der Waals surface area contributed by atoms with Gasteiger partial charge < -0.3 is 10.2 Å². The molecule has 0 spiro atoms. The fourth-order valence-electron chi connectivity index (χ4n) is 4.94. The van der Waals surface area contributed by atoms with Gasteiger partial charge in [0.15, 0.2) is 0 Å². The molecule has 4 rings (SSSR count). The molecule has 188 valence electrons. The van der Waals surface area contributed by atoms with E-state index in [2.05, 4.69) is 11.4 Å². The summed E-state index contributed by atoms with van der Waals surface area (Å²) in [6.45, 7) is 6.57. The molecule has 0 aliphatic carbocycles. The van der Waals surface area contributed by atoms with Crippen molar-refractivity contribution in [2.75, 3.05) is 38.0 Å². The number of amides is 2. The summed E-state index contributed by atoms with van der Waals surface area (Å²) in [6, 6.07) is 13.9. The zero-order valence-corrected chi connectivity index (χ0v) is 21.3. The molecular weight excluding hydrogens is 464 g/mol. The highest BCUT2D eigenvalue weighted by atomic mass is 32.2. The Labute approximate surface area is 207 Å². The fourth-order valence-corrected chi connectivity index (χ4v) is 6.40. The topological polar surface area (TPSA) is 90.0 Å². The Morgan fingerprint density at radius 1 is 0.971 bits per heavy atom. The summed E-state index contributed by atoms with van der Waals surface area (Å²) in [7, 11) is -3.55. The van der Waals surface area contributed by atoms with Crippen LogP contribution in [0.15, 0.2) is 53.4 Å². The number of likely N-dealkylation sites (tertiary alicyclic amines) is 1. The molecule has 2 aromatic rings. The van der Waals surface area contributed by atoms with Crippen molar-refractivity contribution in [2.45, 2.75) is 50.6 Å². The van der Waals surface area contributed by atoms with E-state index in [-0.39, 0.29) is 29.3 Å². The van der Waals surface area contributed by atoms with Crippen LogP contribution in [0.1, 0.15) is 37.8 Å². The quantitative estimate of drug-likeness (QED) is 0.605. The summed E-state index contributed by atoms with van der Waals surface area (Å²) in [5.74, 6) is -0.140. The Balaban J connectivity index is 1.46. The summed E-state index contributed by atoms with van der Waals surface area (Å²) in [5.41, 5.74) is 2.82. The van der Waals surface area contributed by atoms with Gasteiger partial charge in [-0.15, -0.1) is 0 Å². The molecule has 0 saturated carbocycles. The lowest BCUT2D eigenvalue weighted by molar-refractivity contribution is -0.137. The van der Waals surface area contributed by atoms with E-state index >= 15 is 0 Å². The zero-order chi connectivity index (χ0) is 25.0. The number of nitrogens with one attached hydrogen (secondary N) is 1. The first-order valence-electron chi connectivity index (χ1n) is 12.3. The Bertz CT molecular complexity index is 1160. The number of rotatable bonds is 8. The van der Waals surface area contributed by atoms with Gasteiger partial charge in [-0.05, 0) is 54.7 Å². The van der Waals surface area contributed by atoms with Gasteiger partial charge in [0.25, 0.3) is 0 Å². The van der Waals surface area contributed by atoms with Crippen LogP contribution in [0, 0.1) is 0 Å². The average Bonchev–Trinajstić information content (AvgIpc) is 3.39.